The summed E-state index contributed by atoms with van der Waals surface area (Å²) >= 11 is 0. The Labute approximate surface area is 192 Å². The quantitative estimate of drug-likeness (QED) is 0.360. The van der Waals surface area contributed by atoms with Crippen molar-refractivity contribution in [3.63, 3.8) is 0 Å². The topological polar surface area (TPSA) is 57.4 Å². The van der Waals surface area contributed by atoms with E-state index in [9.17, 15) is 4.79 Å². The molecule has 1 aliphatic rings. The van der Waals surface area contributed by atoms with Crippen LogP contribution in [-0.2, 0) is 9.53 Å². The molecule has 0 spiro atoms. The van der Waals surface area contributed by atoms with Crippen LogP contribution in [0, 0.1) is 19.8 Å². The van der Waals surface area contributed by atoms with Gasteiger partial charge >= 0.3 is 5.97 Å². The Bertz CT molecular complexity index is 960. The number of ether oxygens (including phenoxy) is 1. The molecule has 5 nitrogen and oxygen atoms in total. The number of carbonyl (C=O) groups excluding carboxylic acids is 1. The van der Waals surface area contributed by atoms with Gasteiger partial charge in [-0.05, 0) is 81.6 Å². The molecule has 0 atom stereocenters. The minimum atomic E-state index is -0.228. The van der Waals surface area contributed by atoms with Crippen LogP contribution in [0.15, 0.2) is 36.4 Å². The number of hydrogen-bond donors (Lipinski definition) is 2. The molecule has 1 aromatic heterocycles. The van der Waals surface area contributed by atoms with Crippen molar-refractivity contribution >= 4 is 22.4 Å². The lowest BCUT2D eigenvalue weighted by atomic mass is 9.88. The number of methoxy groups -OCH3 is 1. The van der Waals surface area contributed by atoms with E-state index in [0.29, 0.717) is 5.92 Å². The number of likely N-dealkylation sites (tertiary alicyclic amines) is 1. The molecule has 1 aromatic carbocycles. The van der Waals surface area contributed by atoms with E-state index in [1.54, 1.807) is 0 Å². The van der Waals surface area contributed by atoms with Crippen molar-refractivity contribution in [2.75, 3.05) is 40.3 Å². The van der Waals surface area contributed by atoms with E-state index < -0.39 is 0 Å². The van der Waals surface area contributed by atoms with Gasteiger partial charge in [0.05, 0.1) is 13.5 Å². The molecule has 2 aromatic rings. The molecule has 0 radical (unpaired) electrons. The number of rotatable bonds is 8. The number of benzene rings is 1. The summed E-state index contributed by atoms with van der Waals surface area (Å²) in [6.45, 7) is 8.68. The number of aryl methyl sites for hydroxylation is 1. The summed E-state index contributed by atoms with van der Waals surface area (Å²) < 4.78 is 4.79. The Morgan fingerprint density at radius 2 is 2.03 bits per heavy atom. The molecular formula is C27H37N3O2. The zero-order valence-corrected chi connectivity index (χ0v) is 19.9. The highest BCUT2D eigenvalue weighted by Gasteiger charge is 2.21. The van der Waals surface area contributed by atoms with Gasteiger partial charge in [0.25, 0.3) is 0 Å². The zero-order valence-electron chi connectivity index (χ0n) is 19.9. The third-order valence-electron chi connectivity index (χ3n) is 6.17. The Balaban J connectivity index is 0.00000176. The van der Waals surface area contributed by atoms with Gasteiger partial charge in [-0.2, -0.15) is 0 Å². The summed E-state index contributed by atoms with van der Waals surface area (Å²) in [5.41, 5.74) is 5.91. The lowest BCUT2D eigenvalue weighted by Crippen LogP contribution is -2.37. The van der Waals surface area contributed by atoms with Crippen LogP contribution in [0.1, 0.15) is 48.9 Å². The molecule has 172 valence electrons. The molecule has 5 heteroatoms. The molecule has 1 fully saturated rings. The molecule has 1 saturated heterocycles. The van der Waals surface area contributed by atoms with Gasteiger partial charge in [-0.15, -0.1) is 12.8 Å². The van der Waals surface area contributed by atoms with Crippen molar-refractivity contribution in [3.8, 4) is 12.8 Å². The highest BCUT2D eigenvalue weighted by atomic mass is 16.5. The number of terminal acetylenes is 1. The second-order valence-electron chi connectivity index (χ2n) is 8.09. The first kappa shape index (κ1) is 25.5. The minimum absolute atomic E-state index is 0.228. The van der Waals surface area contributed by atoms with Crippen LogP contribution < -0.4 is 5.32 Å². The number of fused-ring (bicyclic) bond motifs is 1. The average molecular weight is 436 g/mol. The zero-order chi connectivity index (χ0) is 23.5. The number of nitrogens with zero attached hydrogens (tertiary/aromatic N) is 1. The normalized spacial score (nSPS) is 15.6. The van der Waals surface area contributed by atoms with Crippen LogP contribution >= 0.6 is 0 Å². The van der Waals surface area contributed by atoms with Crippen LogP contribution in [-0.4, -0.2) is 56.2 Å². The lowest BCUT2D eigenvalue weighted by Gasteiger charge is -2.32. The van der Waals surface area contributed by atoms with Crippen LogP contribution in [0.3, 0.4) is 0 Å². The summed E-state index contributed by atoms with van der Waals surface area (Å²) in [5.74, 6) is 0.400. The Morgan fingerprint density at radius 1 is 1.31 bits per heavy atom. The Hall–Kier alpha value is -2.81. The van der Waals surface area contributed by atoms with Crippen molar-refractivity contribution in [2.24, 2.45) is 0 Å². The first-order valence-electron chi connectivity index (χ1n) is 11.3. The van der Waals surface area contributed by atoms with E-state index in [2.05, 4.69) is 53.2 Å². The van der Waals surface area contributed by atoms with E-state index in [1.807, 2.05) is 32.2 Å². The molecular weight excluding hydrogens is 398 g/mol. The fourth-order valence-electron chi connectivity index (χ4n) is 4.36. The lowest BCUT2D eigenvalue weighted by molar-refractivity contribution is -0.139. The maximum Gasteiger partial charge on any atom is 0.309 e. The Morgan fingerprint density at radius 3 is 2.66 bits per heavy atom. The van der Waals surface area contributed by atoms with Crippen molar-refractivity contribution in [2.45, 2.75) is 39.0 Å². The number of esters is 1. The second-order valence-corrected chi connectivity index (χ2v) is 8.09. The number of aromatic nitrogens is 1. The van der Waals surface area contributed by atoms with Crippen molar-refractivity contribution in [1.82, 2.24) is 15.2 Å². The molecule has 0 aliphatic carbocycles. The molecule has 32 heavy (non-hydrogen) atoms. The summed E-state index contributed by atoms with van der Waals surface area (Å²) in [6.07, 6.45) is 16.7. The number of allylic oxidation sites excluding steroid dienone is 3. The average Bonchev–Trinajstić information content (AvgIpc) is 3.17. The summed E-state index contributed by atoms with van der Waals surface area (Å²) in [5, 5.41) is 4.51. The largest absolute Gasteiger partial charge is 0.469 e. The molecule has 2 N–H and O–H groups in total. The predicted octanol–water partition coefficient (Wildman–Crippen LogP) is 4.65. The number of piperidine rings is 1. The third kappa shape index (κ3) is 6.35. The number of aromatic amines is 1. The molecule has 0 amide bonds. The summed E-state index contributed by atoms with van der Waals surface area (Å²) in [6, 6.07) is 6.86. The van der Waals surface area contributed by atoms with Crippen molar-refractivity contribution in [1.29, 1.82) is 0 Å². The molecule has 3 rings (SSSR count). The molecule has 0 unspecified atom stereocenters. The molecule has 2 heterocycles. The van der Waals surface area contributed by atoms with Crippen LogP contribution in [0.5, 0.6) is 0 Å². The van der Waals surface area contributed by atoms with Gasteiger partial charge in [0.2, 0.25) is 0 Å². The minimum Gasteiger partial charge on any atom is -0.469 e. The van der Waals surface area contributed by atoms with E-state index >= 15 is 0 Å². The second kappa shape index (κ2) is 12.9. The maximum absolute atomic E-state index is 11.6. The van der Waals surface area contributed by atoms with Crippen LogP contribution in [0.2, 0.25) is 0 Å². The standard InChI is InChI=1S/C25H35N3O2.C2H2/c1-5-6-20(8-10-24(29)30-4)25-18(2)22-17-21(7-9-23(22)27-25)19-11-14-28(15-12-19)16-13-26-3;1-2/h5-9,17,19,26-27H,10-16H2,1-4H3;1-2H/b6-5-,20-8+;. The molecule has 0 saturated carbocycles. The third-order valence-corrected chi connectivity index (χ3v) is 6.17. The van der Waals surface area contributed by atoms with E-state index in [-0.39, 0.29) is 12.4 Å². The number of likely N-dealkylation sites (N-methyl/N-ethyl adjacent to an activating group) is 1. The highest BCUT2D eigenvalue weighted by Crippen LogP contribution is 2.33. The monoisotopic (exact) mass is 435 g/mol. The van der Waals surface area contributed by atoms with E-state index in [1.165, 1.54) is 49.6 Å². The van der Waals surface area contributed by atoms with Gasteiger partial charge < -0.3 is 19.9 Å². The van der Waals surface area contributed by atoms with Gasteiger partial charge in [0.15, 0.2) is 0 Å². The number of carbonyl (C=O) groups is 1. The van der Waals surface area contributed by atoms with Gasteiger partial charge in [-0.3, -0.25) is 4.79 Å². The smallest absolute Gasteiger partial charge is 0.309 e. The number of nitrogens with one attached hydrogen (secondary N) is 2. The van der Waals surface area contributed by atoms with E-state index in [0.717, 1.165) is 29.9 Å². The van der Waals surface area contributed by atoms with Gasteiger partial charge in [-0.1, -0.05) is 24.3 Å². The maximum atomic E-state index is 11.6. The van der Waals surface area contributed by atoms with Gasteiger partial charge in [-0.25, -0.2) is 0 Å². The summed E-state index contributed by atoms with van der Waals surface area (Å²) in [7, 11) is 3.44. The van der Waals surface area contributed by atoms with Gasteiger partial charge in [0.1, 0.15) is 0 Å². The predicted molar refractivity (Wildman–Crippen MR) is 135 cm³/mol. The first-order chi connectivity index (χ1) is 15.6. The van der Waals surface area contributed by atoms with Crippen molar-refractivity contribution < 1.29 is 9.53 Å². The Kier molecular flexibility index (Phi) is 10.3. The SMILES string of the molecule is C#C.C/C=C\C(=C/CC(=O)OC)c1[nH]c2ccc(C3CCN(CCNC)CC3)cc2c1C. The van der Waals surface area contributed by atoms with Crippen LogP contribution in [0.4, 0.5) is 0 Å². The summed E-state index contributed by atoms with van der Waals surface area (Å²) in [4.78, 5) is 17.7. The highest BCUT2D eigenvalue weighted by molar-refractivity contribution is 5.91. The number of H-pyrrole nitrogens is 1. The first-order valence-corrected chi connectivity index (χ1v) is 11.3. The van der Waals surface area contributed by atoms with E-state index in [4.69, 9.17) is 4.74 Å². The van der Waals surface area contributed by atoms with Crippen LogP contribution in [0.25, 0.3) is 16.5 Å². The fourth-order valence-corrected chi connectivity index (χ4v) is 4.36. The molecule has 0 bridgehead atoms. The number of hydrogen-bond acceptors (Lipinski definition) is 4. The molecule has 1 aliphatic heterocycles. The van der Waals surface area contributed by atoms with Crippen molar-refractivity contribution in [3.05, 3.63) is 53.2 Å². The fraction of sp³-hybridized carbons (Fsp3) is 0.444. The van der Waals surface area contributed by atoms with Gasteiger partial charge in [0, 0.05) is 29.7 Å².